The lowest BCUT2D eigenvalue weighted by atomic mass is 9.95. The normalized spacial score (nSPS) is 16.7. The number of rotatable bonds is 9. The number of benzene rings is 4. The lowest BCUT2D eigenvalue weighted by Crippen LogP contribution is -2.29. The molecular weight excluding hydrogens is 693 g/mol. The van der Waals surface area contributed by atoms with Crippen molar-refractivity contribution in [3.05, 3.63) is 129 Å². The Morgan fingerprint density at radius 2 is 1.71 bits per heavy atom. The fraction of sp³-hybridized carbons (Fsp3) is 0.143. The summed E-state index contributed by atoms with van der Waals surface area (Å²) >= 11 is 14.9. The van der Waals surface area contributed by atoms with E-state index in [1.807, 2.05) is 36.4 Å². The molecule has 1 atom stereocenters. The van der Waals surface area contributed by atoms with Gasteiger partial charge in [0, 0.05) is 21.4 Å². The summed E-state index contributed by atoms with van der Waals surface area (Å²) in [5, 5.41) is 21.5. The van der Waals surface area contributed by atoms with Gasteiger partial charge in [-0.05, 0) is 59.2 Å². The molecule has 5 aromatic rings. The summed E-state index contributed by atoms with van der Waals surface area (Å²) in [5.41, 5.74) is 2.65. The number of anilines is 1. The number of hydrogen-bond acceptors (Lipinski definition) is 10. The van der Waals surface area contributed by atoms with Gasteiger partial charge in [0.1, 0.15) is 31.3 Å². The van der Waals surface area contributed by atoms with Crippen LogP contribution >= 0.6 is 46.3 Å². The molecule has 2 aliphatic rings. The van der Waals surface area contributed by atoms with Gasteiger partial charge >= 0.3 is 5.91 Å². The highest BCUT2D eigenvalue weighted by molar-refractivity contribution is 8.00. The number of carbonyl (C=O) groups excluding carboxylic acids is 2. The average Bonchev–Trinajstić information content (AvgIpc) is 3.68. The van der Waals surface area contributed by atoms with Gasteiger partial charge in [0.05, 0.1) is 11.6 Å². The SMILES string of the molecule is O=C1C(=O)N(c2nnc(SCc3ccc(Cl)cc3Cl)s2)C(c2ccc(OCc3ccccc3)cc2)/C1=C(\O)c1ccc2c(c1)OCCO2. The van der Waals surface area contributed by atoms with Crippen molar-refractivity contribution < 1.29 is 28.9 Å². The van der Waals surface area contributed by atoms with Gasteiger partial charge in [-0.3, -0.25) is 14.5 Å². The monoisotopic (exact) mass is 717 g/mol. The summed E-state index contributed by atoms with van der Waals surface area (Å²) in [5.74, 6) is 0.00968. The van der Waals surface area contributed by atoms with Crippen molar-refractivity contribution in [2.45, 2.75) is 22.7 Å². The maximum Gasteiger partial charge on any atom is 0.301 e. The Morgan fingerprint density at radius 3 is 2.48 bits per heavy atom. The molecule has 1 fully saturated rings. The van der Waals surface area contributed by atoms with Crippen molar-refractivity contribution in [2.24, 2.45) is 0 Å². The van der Waals surface area contributed by atoms with Gasteiger partial charge in [-0.25, -0.2) is 0 Å². The first-order chi connectivity index (χ1) is 23.4. The summed E-state index contributed by atoms with van der Waals surface area (Å²) in [6.45, 7) is 1.13. The van der Waals surface area contributed by atoms with E-state index in [1.54, 1.807) is 54.6 Å². The number of amides is 1. The Labute approximate surface area is 293 Å². The first-order valence-corrected chi connectivity index (χ1v) is 17.3. The smallest absolute Gasteiger partial charge is 0.301 e. The number of nitrogens with zero attached hydrogens (tertiary/aromatic N) is 3. The fourth-order valence-corrected chi connectivity index (χ4v) is 7.74. The summed E-state index contributed by atoms with van der Waals surface area (Å²) in [4.78, 5) is 28.7. The Hall–Kier alpha value is -4.55. The van der Waals surface area contributed by atoms with Crippen LogP contribution < -0.4 is 19.1 Å². The van der Waals surface area contributed by atoms with Gasteiger partial charge in [-0.2, -0.15) is 0 Å². The van der Waals surface area contributed by atoms with Gasteiger partial charge in [-0.1, -0.05) is 94.8 Å². The zero-order valence-corrected chi connectivity index (χ0v) is 28.1. The molecule has 2 aliphatic heterocycles. The van der Waals surface area contributed by atoms with E-state index in [0.717, 1.165) is 22.5 Å². The maximum atomic E-state index is 13.7. The number of carbonyl (C=O) groups is 2. The van der Waals surface area contributed by atoms with Crippen molar-refractivity contribution in [3.63, 3.8) is 0 Å². The van der Waals surface area contributed by atoms with E-state index >= 15 is 0 Å². The molecule has 1 amide bonds. The average molecular weight is 719 g/mol. The minimum absolute atomic E-state index is 0.0908. The minimum atomic E-state index is -1.00. The third kappa shape index (κ3) is 6.59. The van der Waals surface area contributed by atoms with E-state index in [9.17, 15) is 14.7 Å². The van der Waals surface area contributed by atoms with Gasteiger partial charge < -0.3 is 19.3 Å². The van der Waals surface area contributed by atoms with Gasteiger partial charge in [-0.15, -0.1) is 10.2 Å². The molecule has 242 valence electrons. The van der Waals surface area contributed by atoms with Crippen LogP contribution in [0.15, 0.2) is 101 Å². The summed E-state index contributed by atoms with van der Waals surface area (Å²) in [7, 11) is 0. The number of aliphatic hydroxyl groups is 1. The number of fused-ring (bicyclic) bond motifs is 1. The quantitative estimate of drug-likeness (QED) is 0.0531. The van der Waals surface area contributed by atoms with E-state index in [1.165, 1.54) is 16.7 Å². The van der Waals surface area contributed by atoms with Crippen molar-refractivity contribution >= 4 is 68.9 Å². The second-order valence-corrected chi connectivity index (χ2v) is 13.8. The Balaban J connectivity index is 1.23. The first-order valence-electron chi connectivity index (χ1n) is 14.7. The third-order valence-corrected chi connectivity index (χ3v) is 10.4. The van der Waals surface area contributed by atoms with E-state index in [2.05, 4.69) is 10.2 Å². The van der Waals surface area contributed by atoms with Crippen molar-refractivity contribution in [1.82, 2.24) is 10.2 Å². The molecule has 0 spiro atoms. The highest BCUT2D eigenvalue weighted by atomic mass is 35.5. The molecule has 0 aliphatic carbocycles. The molecule has 7 rings (SSSR count). The molecule has 1 unspecified atom stereocenters. The zero-order chi connectivity index (χ0) is 33.2. The number of halogens is 2. The molecule has 48 heavy (non-hydrogen) atoms. The maximum absolute atomic E-state index is 13.7. The second-order valence-electron chi connectivity index (χ2n) is 10.7. The summed E-state index contributed by atoms with van der Waals surface area (Å²) in [6.07, 6.45) is 0. The van der Waals surface area contributed by atoms with Crippen LogP contribution in [0.4, 0.5) is 5.13 Å². The van der Waals surface area contributed by atoms with Gasteiger partial charge in [0.15, 0.2) is 15.8 Å². The van der Waals surface area contributed by atoms with Crippen LogP contribution in [0.3, 0.4) is 0 Å². The van der Waals surface area contributed by atoms with Crippen LogP contribution in [0.5, 0.6) is 17.2 Å². The zero-order valence-electron chi connectivity index (χ0n) is 25.0. The predicted octanol–water partition coefficient (Wildman–Crippen LogP) is 8.11. The van der Waals surface area contributed by atoms with Crippen LogP contribution in [0.25, 0.3) is 5.76 Å². The van der Waals surface area contributed by atoms with Crippen molar-refractivity contribution in [2.75, 3.05) is 18.1 Å². The van der Waals surface area contributed by atoms with E-state index in [0.29, 0.717) is 68.3 Å². The van der Waals surface area contributed by atoms with E-state index in [-0.39, 0.29) is 16.5 Å². The Kier molecular flexibility index (Phi) is 9.27. The second kappa shape index (κ2) is 13.9. The highest BCUT2D eigenvalue weighted by Crippen LogP contribution is 2.45. The molecule has 9 nitrogen and oxygen atoms in total. The van der Waals surface area contributed by atoms with Crippen LogP contribution in [-0.4, -0.2) is 40.2 Å². The molecule has 1 saturated heterocycles. The standard InChI is InChI=1S/C35H25Cl2N3O6S2/c36-24-10-6-23(26(37)17-24)19-47-35-39-38-34(48-35)40-30(21-7-11-25(12-8-21)46-18-20-4-2-1-3-5-20)29(32(42)33(40)43)31(41)22-9-13-27-28(16-22)45-15-14-44-27/h1-13,16-17,30,41H,14-15,18-19H2/b31-29+. The lowest BCUT2D eigenvalue weighted by Gasteiger charge is -2.23. The number of ether oxygens (including phenoxy) is 3. The molecule has 0 saturated carbocycles. The lowest BCUT2D eigenvalue weighted by molar-refractivity contribution is -0.132. The molecular formula is C35H25Cl2N3O6S2. The highest BCUT2D eigenvalue weighted by Gasteiger charge is 2.48. The van der Waals surface area contributed by atoms with Crippen molar-refractivity contribution in [1.29, 1.82) is 0 Å². The fourth-order valence-electron chi connectivity index (χ4n) is 5.32. The Morgan fingerprint density at radius 1 is 0.938 bits per heavy atom. The molecule has 0 radical (unpaired) electrons. The van der Waals surface area contributed by atoms with Crippen LogP contribution in [-0.2, 0) is 21.9 Å². The number of aliphatic hydroxyl groups excluding tert-OH is 1. The minimum Gasteiger partial charge on any atom is -0.507 e. The van der Waals surface area contributed by atoms with Crippen LogP contribution in [0, 0.1) is 0 Å². The van der Waals surface area contributed by atoms with Crippen molar-refractivity contribution in [3.8, 4) is 17.2 Å². The molecule has 1 aromatic heterocycles. The summed E-state index contributed by atoms with van der Waals surface area (Å²) < 4.78 is 17.8. The first kappa shape index (κ1) is 32.0. The van der Waals surface area contributed by atoms with E-state index < -0.39 is 17.7 Å². The van der Waals surface area contributed by atoms with Gasteiger partial charge in [0.25, 0.3) is 5.78 Å². The predicted molar refractivity (Wildman–Crippen MR) is 185 cm³/mol. The molecule has 1 N–H and O–H groups in total. The molecule has 4 aromatic carbocycles. The summed E-state index contributed by atoms with van der Waals surface area (Å²) in [6, 6.07) is 26.0. The topological polar surface area (TPSA) is 111 Å². The number of thioether (sulfide) groups is 1. The molecule has 0 bridgehead atoms. The number of aromatic nitrogens is 2. The third-order valence-electron chi connectivity index (χ3n) is 7.67. The Bertz CT molecular complexity index is 2040. The van der Waals surface area contributed by atoms with Crippen LogP contribution in [0.1, 0.15) is 28.3 Å². The number of ketones is 1. The van der Waals surface area contributed by atoms with Crippen LogP contribution in [0.2, 0.25) is 10.0 Å². The molecule has 3 heterocycles. The largest absolute Gasteiger partial charge is 0.507 e. The molecule has 13 heteroatoms. The number of hydrogen-bond donors (Lipinski definition) is 1. The van der Waals surface area contributed by atoms with E-state index in [4.69, 9.17) is 37.4 Å². The van der Waals surface area contributed by atoms with Gasteiger partial charge in [0.2, 0.25) is 5.13 Å². The number of Topliss-reactive ketones (excluding diaryl/α,β-unsaturated/α-hetero) is 1.